The van der Waals surface area contributed by atoms with E-state index in [0.717, 1.165) is 0 Å². The second-order valence-corrected chi connectivity index (χ2v) is 3.64. The van der Waals surface area contributed by atoms with E-state index in [-0.39, 0.29) is 37.6 Å². The van der Waals surface area contributed by atoms with Crippen molar-refractivity contribution < 1.29 is 19.5 Å². The third kappa shape index (κ3) is 63.2. The summed E-state index contributed by atoms with van der Waals surface area (Å²) < 4.78 is 0. The van der Waals surface area contributed by atoms with Crippen molar-refractivity contribution in [2.24, 2.45) is 34.4 Å². The Kier molecular flexibility index (Phi) is 32.8. The summed E-state index contributed by atoms with van der Waals surface area (Å²) in [6.45, 7) is 7.38. The Morgan fingerprint density at radius 1 is 0.625 bits per heavy atom. The molecule has 0 spiro atoms. The fourth-order valence-electron chi connectivity index (χ4n) is 0. The van der Waals surface area contributed by atoms with Gasteiger partial charge < -0.3 is 34.4 Å². The molecule has 6 nitrogen and oxygen atoms in total. The SMILES string of the molecule is CC(N)CN.CC(N)CN.CC(N)CN.[Ru]. The Balaban J connectivity index is -0.0000000655. The zero-order valence-electron chi connectivity index (χ0n) is 10.7. The number of hydrogen-bond acceptors (Lipinski definition) is 6. The summed E-state index contributed by atoms with van der Waals surface area (Å²) in [7, 11) is 0. The molecule has 3 unspecified atom stereocenters. The van der Waals surface area contributed by atoms with Gasteiger partial charge in [-0.1, -0.05) is 0 Å². The molecule has 0 bridgehead atoms. The van der Waals surface area contributed by atoms with Crippen LogP contribution in [0.25, 0.3) is 0 Å². The second-order valence-electron chi connectivity index (χ2n) is 3.64. The second kappa shape index (κ2) is 20.8. The van der Waals surface area contributed by atoms with Crippen LogP contribution in [0.15, 0.2) is 0 Å². The molecule has 0 aliphatic carbocycles. The van der Waals surface area contributed by atoms with Gasteiger partial charge in [0.2, 0.25) is 0 Å². The van der Waals surface area contributed by atoms with Crippen molar-refractivity contribution in [2.45, 2.75) is 38.9 Å². The molecule has 3 atom stereocenters. The first-order chi connectivity index (χ1) is 6.81. The summed E-state index contributed by atoms with van der Waals surface area (Å²) in [6, 6.07) is 0.486. The van der Waals surface area contributed by atoms with Gasteiger partial charge in [-0.2, -0.15) is 0 Å². The van der Waals surface area contributed by atoms with Crippen LogP contribution in [0.1, 0.15) is 20.8 Å². The van der Waals surface area contributed by atoms with Crippen LogP contribution in [0.5, 0.6) is 0 Å². The van der Waals surface area contributed by atoms with Crippen LogP contribution >= 0.6 is 0 Å². The fraction of sp³-hybridized carbons (Fsp3) is 1.00. The van der Waals surface area contributed by atoms with E-state index < -0.39 is 0 Å². The van der Waals surface area contributed by atoms with Crippen molar-refractivity contribution in [1.82, 2.24) is 0 Å². The van der Waals surface area contributed by atoms with Crippen molar-refractivity contribution >= 4 is 0 Å². The van der Waals surface area contributed by atoms with Crippen LogP contribution in [-0.2, 0) is 19.5 Å². The minimum Gasteiger partial charge on any atom is -0.329 e. The van der Waals surface area contributed by atoms with Crippen molar-refractivity contribution in [3.63, 3.8) is 0 Å². The standard InChI is InChI=1S/3C3H10N2.Ru/c3*1-3(5)2-4;/h3*3H,2,4-5H2,1H3;. The molecule has 0 radical (unpaired) electrons. The van der Waals surface area contributed by atoms with Crippen LogP contribution in [0.4, 0.5) is 0 Å². The maximum absolute atomic E-state index is 5.17. The molecule has 12 N–H and O–H groups in total. The quantitative estimate of drug-likeness (QED) is 0.326. The van der Waals surface area contributed by atoms with Gasteiger partial charge in [0.05, 0.1) is 0 Å². The van der Waals surface area contributed by atoms with Crippen LogP contribution < -0.4 is 34.4 Å². The van der Waals surface area contributed by atoms with Gasteiger partial charge >= 0.3 is 0 Å². The average molecular weight is 323 g/mol. The maximum atomic E-state index is 5.17. The van der Waals surface area contributed by atoms with E-state index in [4.69, 9.17) is 34.4 Å². The van der Waals surface area contributed by atoms with Gasteiger partial charge in [0.15, 0.2) is 0 Å². The first-order valence-corrected chi connectivity index (χ1v) is 5.18. The Hall–Kier alpha value is 0.383. The van der Waals surface area contributed by atoms with Gasteiger partial charge in [-0.3, -0.25) is 0 Å². The van der Waals surface area contributed by atoms with Gasteiger partial charge in [-0.15, -0.1) is 0 Å². The molecule has 0 saturated heterocycles. The maximum Gasteiger partial charge on any atom is 0.0134 e. The summed E-state index contributed by atoms with van der Waals surface area (Å²) in [5.74, 6) is 0. The first-order valence-electron chi connectivity index (χ1n) is 5.18. The van der Waals surface area contributed by atoms with Crippen LogP contribution in [0, 0.1) is 0 Å². The number of hydrogen-bond donors (Lipinski definition) is 6. The number of rotatable bonds is 3. The van der Waals surface area contributed by atoms with Gasteiger partial charge in [-0.05, 0) is 20.8 Å². The normalized spacial score (nSPS) is 14.1. The molecule has 0 saturated carbocycles. The molecule has 0 aromatic heterocycles. The van der Waals surface area contributed by atoms with Crippen molar-refractivity contribution in [1.29, 1.82) is 0 Å². The molecule has 0 fully saturated rings. The predicted molar refractivity (Wildman–Crippen MR) is 68.1 cm³/mol. The summed E-state index contributed by atoms with van der Waals surface area (Å²) in [4.78, 5) is 0. The monoisotopic (exact) mass is 324 g/mol. The average Bonchev–Trinajstić information content (AvgIpc) is 2.19. The fourth-order valence-corrected chi connectivity index (χ4v) is 0. The smallest absolute Gasteiger partial charge is 0.0134 e. The third-order valence-corrected chi connectivity index (χ3v) is 1.12. The Morgan fingerprint density at radius 3 is 0.688 bits per heavy atom. The van der Waals surface area contributed by atoms with Crippen LogP contribution in [-0.4, -0.2) is 37.8 Å². The minimum atomic E-state index is 0. The Morgan fingerprint density at radius 2 is 0.688 bits per heavy atom. The molecule has 0 amide bonds. The topological polar surface area (TPSA) is 156 Å². The van der Waals surface area contributed by atoms with Crippen LogP contribution in [0.3, 0.4) is 0 Å². The van der Waals surface area contributed by atoms with E-state index in [9.17, 15) is 0 Å². The molecule has 0 aromatic carbocycles. The van der Waals surface area contributed by atoms with E-state index in [1.165, 1.54) is 0 Å². The van der Waals surface area contributed by atoms with Gasteiger partial charge in [0.25, 0.3) is 0 Å². The minimum absolute atomic E-state index is 0. The Bertz CT molecular complexity index is 81.0. The first kappa shape index (κ1) is 25.3. The molecule has 104 valence electrons. The molecule has 0 heterocycles. The molecule has 0 aliphatic rings. The van der Waals surface area contributed by atoms with Crippen molar-refractivity contribution in [2.75, 3.05) is 19.6 Å². The van der Waals surface area contributed by atoms with E-state index in [1.807, 2.05) is 20.8 Å². The summed E-state index contributed by atoms with van der Waals surface area (Å²) in [5, 5.41) is 0. The largest absolute Gasteiger partial charge is 0.329 e. The molecule has 7 heteroatoms. The third-order valence-electron chi connectivity index (χ3n) is 1.12. The zero-order valence-corrected chi connectivity index (χ0v) is 12.4. The van der Waals surface area contributed by atoms with Crippen molar-refractivity contribution in [3.8, 4) is 0 Å². The van der Waals surface area contributed by atoms with E-state index in [0.29, 0.717) is 19.6 Å². The van der Waals surface area contributed by atoms with Crippen LogP contribution in [0.2, 0.25) is 0 Å². The summed E-state index contributed by atoms with van der Waals surface area (Å²) >= 11 is 0. The van der Waals surface area contributed by atoms with E-state index >= 15 is 0 Å². The van der Waals surface area contributed by atoms with Crippen molar-refractivity contribution in [3.05, 3.63) is 0 Å². The molecule has 16 heavy (non-hydrogen) atoms. The molecular formula is C9H30N6Ru. The number of nitrogens with two attached hydrogens (primary N) is 6. The van der Waals surface area contributed by atoms with Gasteiger partial charge in [0, 0.05) is 57.2 Å². The van der Waals surface area contributed by atoms with Gasteiger partial charge in [0.1, 0.15) is 0 Å². The molecule has 0 aromatic rings. The van der Waals surface area contributed by atoms with E-state index in [2.05, 4.69) is 0 Å². The summed E-state index contributed by atoms with van der Waals surface area (Å²) in [5.41, 5.74) is 30.6. The summed E-state index contributed by atoms with van der Waals surface area (Å²) in [6.07, 6.45) is 0. The predicted octanol–water partition coefficient (Wildman–Crippen LogP) is -2.13. The van der Waals surface area contributed by atoms with E-state index in [1.54, 1.807) is 0 Å². The zero-order chi connectivity index (χ0) is 12.9. The molecular weight excluding hydrogens is 293 g/mol. The molecule has 0 rings (SSSR count). The van der Waals surface area contributed by atoms with Gasteiger partial charge in [-0.25, -0.2) is 0 Å². The molecule has 0 aliphatic heterocycles. The Labute approximate surface area is 113 Å².